The van der Waals surface area contributed by atoms with Crippen LogP contribution in [0.2, 0.25) is 0 Å². The lowest BCUT2D eigenvalue weighted by Gasteiger charge is -2.32. The number of amides is 1. The summed E-state index contributed by atoms with van der Waals surface area (Å²) in [6.07, 6.45) is 0.449. The molecule has 0 fully saturated rings. The van der Waals surface area contributed by atoms with Gasteiger partial charge in [0.15, 0.2) is 0 Å². The van der Waals surface area contributed by atoms with Gasteiger partial charge in [-0.15, -0.1) is 0 Å². The minimum Gasteiger partial charge on any atom is -0.481 e. The van der Waals surface area contributed by atoms with Crippen LogP contribution in [0.1, 0.15) is 148 Å². The molecule has 63 heavy (non-hydrogen) atoms. The molecular formula is C50H80N2O11. The number of rotatable bonds is 17. The largest absolute Gasteiger partial charge is 0.481 e. The highest BCUT2D eigenvalue weighted by atomic mass is 16.6. The molecule has 0 aliphatic carbocycles. The van der Waals surface area contributed by atoms with Crippen molar-refractivity contribution >= 4 is 35.8 Å². The summed E-state index contributed by atoms with van der Waals surface area (Å²) in [4.78, 5) is 71.2. The number of carboxylic acid groups (broad SMARTS) is 1. The van der Waals surface area contributed by atoms with Gasteiger partial charge in [-0.3, -0.25) is 28.8 Å². The number of nitrogens with two attached hydrogens (primary N) is 1. The van der Waals surface area contributed by atoms with Gasteiger partial charge in [0.05, 0.1) is 36.5 Å². The maximum Gasteiger partial charge on any atom is 0.309 e. The standard InChI is InChI=1S/C25H39NO5.C13H16O4.C12H25NO2/c1-23(2,3)19(14-20(27)31-24(4,5)6)16-26-22(29)25(7,8)15-21(28)30-17-18-12-10-9-11-13-18;1-13(2,12(15)16)8-11(14)17-9-10-6-4-3-5-7-10;1-11(2,3)9(8-13)7-10(14)15-12(4,5)6/h9-13,19H,14-17H2,1-8H3,(H,26,29);3-7H,8-9H2,1-2H3,(H,15,16);9H,7-8,13H2,1-6H3/t19-;;9-/m1.1/s1. The lowest BCUT2D eigenvalue weighted by atomic mass is 9.78. The lowest BCUT2D eigenvalue weighted by molar-refractivity contribution is -0.158. The van der Waals surface area contributed by atoms with E-state index < -0.39 is 39.9 Å². The number of carbonyl (C=O) groups is 6. The van der Waals surface area contributed by atoms with Gasteiger partial charge in [-0.2, -0.15) is 0 Å². The Balaban J connectivity index is 0.00000101. The quantitative estimate of drug-likeness (QED) is 0.101. The molecule has 2 aromatic rings. The smallest absolute Gasteiger partial charge is 0.309 e. The Kier molecular flexibility index (Phi) is 23.6. The fraction of sp³-hybridized carbons (Fsp3) is 0.640. The van der Waals surface area contributed by atoms with E-state index in [9.17, 15) is 28.8 Å². The number of hydrogen-bond donors (Lipinski definition) is 3. The van der Waals surface area contributed by atoms with Crippen molar-refractivity contribution in [2.24, 2.45) is 39.2 Å². The van der Waals surface area contributed by atoms with E-state index in [1.54, 1.807) is 13.8 Å². The average molecular weight is 885 g/mol. The fourth-order valence-electron chi connectivity index (χ4n) is 5.51. The highest BCUT2D eigenvalue weighted by Gasteiger charge is 2.35. The van der Waals surface area contributed by atoms with E-state index in [4.69, 9.17) is 29.8 Å². The van der Waals surface area contributed by atoms with Crippen LogP contribution in [0.4, 0.5) is 0 Å². The molecule has 13 nitrogen and oxygen atoms in total. The summed E-state index contributed by atoms with van der Waals surface area (Å²) >= 11 is 0. The van der Waals surface area contributed by atoms with Crippen molar-refractivity contribution in [3.05, 3.63) is 71.8 Å². The van der Waals surface area contributed by atoms with Crippen molar-refractivity contribution in [1.29, 1.82) is 0 Å². The molecule has 13 heteroatoms. The van der Waals surface area contributed by atoms with Crippen molar-refractivity contribution in [3.8, 4) is 0 Å². The summed E-state index contributed by atoms with van der Waals surface area (Å²) in [6.45, 7) is 31.1. The molecule has 2 aromatic carbocycles. The Labute approximate surface area is 377 Å². The highest BCUT2D eigenvalue weighted by molar-refractivity contribution is 5.86. The molecule has 0 heterocycles. The zero-order valence-electron chi connectivity index (χ0n) is 41.2. The molecule has 0 saturated carbocycles. The first-order valence-electron chi connectivity index (χ1n) is 21.6. The summed E-state index contributed by atoms with van der Waals surface area (Å²) < 4.78 is 21.0. The Hall–Kier alpha value is -4.78. The number of ether oxygens (including phenoxy) is 4. The number of esters is 4. The average Bonchev–Trinajstić information content (AvgIpc) is 3.12. The molecule has 0 spiro atoms. The number of benzene rings is 2. The van der Waals surface area contributed by atoms with E-state index >= 15 is 0 Å². The van der Waals surface area contributed by atoms with Gasteiger partial charge in [0.25, 0.3) is 0 Å². The summed E-state index contributed by atoms with van der Waals surface area (Å²) in [5.41, 5.74) is 4.31. The van der Waals surface area contributed by atoms with E-state index in [1.165, 1.54) is 13.8 Å². The van der Waals surface area contributed by atoms with Crippen LogP contribution >= 0.6 is 0 Å². The van der Waals surface area contributed by atoms with E-state index in [0.29, 0.717) is 19.5 Å². The Morgan fingerprint density at radius 3 is 1.21 bits per heavy atom. The normalized spacial score (nSPS) is 13.0. The molecule has 2 atom stereocenters. The van der Waals surface area contributed by atoms with Gasteiger partial charge in [0.2, 0.25) is 5.91 Å². The molecule has 0 saturated heterocycles. The first-order valence-corrected chi connectivity index (χ1v) is 21.6. The van der Waals surface area contributed by atoms with Gasteiger partial charge >= 0.3 is 29.8 Å². The molecule has 356 valence electrons. The summed E-state index contributed by atoms with van der Waals surface area (Å²) in [5.74, 6) is -2.55. The van der Waals surface area contributed by atoms with E-state index in [0.717, 1.165) is 11.1 Å². The van der Waals surface area contributed by atoms with Crippen LogP contribution in [0.15, 0.2) is 60.7 Å². The van der Waals surface area contributed by atoms with E-state index in [1.807, 2.05) is 123 Å². The molecule has 2 rings (SSSR count). The van der Waals surface area contributed by atoms with Gasteiger partial charge < -0.3 is 35.1 Å². The predicted molar refractivity (Wildman–Crippen MR) is 246 cm³/mol. The lowest BCUT2D eigenvalue weighted by Crippen LogP contribution is -2.43. The molecular weight excluding hydrogens is 805 g/mol. The van der Waals surface area contributed by atoms with Crippen molar-refractivity contribution in [2.45, 2.75) is 161 Å². The predicted octanol–water partition coefficient (Wildman–Crippen LogP) is 9.23. The third kappa shape index (κ3) is 27.1. The fourth-order valence-corrected chi connectivity index (χ4v) is 5.51. The number of carboxylic acids is 1. The first kappa shape index (κ1) is 58.2. The molecule has 0 radical (unpaired) electrons. The van der Waals surface area contributed by atoms with Crippen molar-refractivity contribution in [1.82, 2.24) is 5.32 Å². The molecule has 0 bridgehead atoms. The van der Waals surface area contributed by atoms with Gasteiger partial charge in [-0.1, -0.05) is 116 Å². The third-order valence-electron chi connectivity index (χ3n) is 9.76. The zero-order valence-corrected chi connectivity index (χ0v) is 41.2. The van der Waals surface area contributed by atoms with Crippen molar-refractivity contribution < 1.29 is 52.8 Å². The molecule has 0 aliphatic heterocycles. The van der Waals surface area contributed by atoms with Gasteiger partial charge in [0.1, 0.15) is 24.4 Å². The Morgan fingerprint density at radius 2 is 0.889 bits per heavy atom. The first-order chi connectivity index (χ1) is 28.6. The van der Waals surface area contributed by atoms with E-state index in [-0.39, 0.29) is 73.0 Å². The second kappa shape index (κ2) is 25.5. The Morgan fingerprint density at radius 1 is 0.540 bits per heavy atom. The monoisotopic (exact) mass is 885 g/mol. The topological polar surface area (TPSA) is 198 Å². The summed E-state index contributed by atoms with van der Waals surface area (Å²) in [7, 11) is 0. The minimum absolute atomic E-state index is 0.0298. The molecule has 0 aliphatic rings. The molecule has 0 aromatic heterocycles. The van der Waals surface area contributed by atoms with Crippen LogP contribution in [0.5, 0.6) is 0 Å². The third-order valence-corrected chi connectivity index (χ3v) is 9.76. The maximum absolute atomic E-state index is 12.8. The van der Waals surface area contributed by atoms with Crippen LogP contribution in [-0.2, 0) is 60.9 Å². The van der Waals surface area contributed by atoms with Crippen molar-refractivity contribution in [2.75, 3.05) is 13.1 Å². The maximum atomic E-state index is 12.8. The second-order valence-electron chi connectivity index (χ2n) is 21.4. The van der Waals surface area contributed by atoms with Gasteiger partial charge in [-0.05, 0) is 95.7 Å². The molecule has 1 amide bonds. The number of aliphatic carboxylic acids is 1. The van der Waals surface area contributed by atoms with Crippen LogP contribution < -0.4 is 11.1 Å². The van der Waals surface area contributed by atoms with E-state index in [2.05, 4.69) is 26.1 Å². The molecule has 4 N–H and O–H groups in total. The van der Waals surface area contributed by atoms with Crippen LogP contribution in [-0.4, -0.2) is 65.2 Å². The van der Waals surface area contributed by atoms with Crippen LogP contribution in [0, 0.1) is 33.5 Å². The van der Waals surface area contributed by atoms with Crippen LogP contribution in [0.25, 0.3) is 0 Å². The number of carbonyl (C=O) groups excluding carboxylic acids is 5. The minimum atomic E-state index is -1.09. The zero-order chi connectivity index (χ0) is 49.0. The van der Waals surface area contributed by atoms with Crippen LogP contribution in [0.3, 0.4) is 0 Å². The van der Waals surface area contributed by atoms with Crippen molar-refractivity contribution in [3.63, 3.8) is 0 Å². The van der Waals surface area contributed by atoms with Gasteiger partial charge in [-0.25, -0.2) is 0 Å². The Bertz CT molecular complexity index is 1730. The molecule has 0 unspecified atom stereocenters. The SMILES string of the molecule is CC(C)(C)OC(=O)C[C@H](CN)C(C)(C)C.CC(C)(C)OC(=O)C[C@H](CNC(=O)C(C)(C)CC(=O)OCc1ccccc1)C(C)(C)C.CC(C)(CC(=O)OCc1ccccc1)C(=O)O. The highest BCUT2D eigenvalue weighted by Crippen LogP contribution is 2.31. The number of hydrogen-bond acceptors (Lipinski definition) is 11. The summed E-state index contributed by atoms with van der Waals surface area (Å²) in [5, 5.41) is 11.8. The second-order valence-corrected chi connectivity index (χ2v) is 21.4. The number of nitrogens with one attached hydrogen (secondary N) is 1. The summed E-state index contributed by atoms with van der Waals surface area (Å²) in [6, 6.07) is 18.7. The van der Waals surface area contributed by atoms with Gasteiger partial charge in [0, 0.05) is 6.54 Å².